The molecule has 1 saturated carbocycles. The molecule has 0 radical (unpaired) electrons. The van der Waals surface area contributed by atoms with Gasteiger partial charge in [0.05, 0.1) is 6.61 Å². The average Bonchev–Trinajstić information content (AvgIpc) is 3.08. The number of thioether (sulfide) groups is 1. The molecule has 2 rings (SSSR count). The summed E-state index contributed by atoms with van der Waals surface area (Å²) >= 11 is 1.73. The molecule has 1 aromatic rings. The van der Waals surface area contributed by atoms with Gasteiger partial charge in [-0.2, -0.15) is 0 Å². The second-order valence-electron chi connectivity index (χ2n) is 3.83. The first-order valence-corrected chi connectivity index (χ1v) is 6.43. The zero-order valence-corrected chi connectivity index (χ0v) is 9.59. The van der Waals surface area contributed by atoms with Gasteiger partial charge in [0.25, 0.3) is 0 Å². The van der Waals surface area contributed by atoms with Gasteiger partial charge < -0.3 is 10.4 Å². The van der Waals surface area contributed by atoms with E-state index in [1.165, 1.54) is 23.3 Å². The van der Waals surface area contributed by atoms with Gasteiger partial charge >= 0.3 is 0 Å². The lowest BCUT2D eigenvalue weighted by molar-refractivity contribution is 0.322. The zero-order valence-electron chi connectivity index (χ0n) is 8.78. The van der Waals surface area contributed by atoms with Crippen LogP contribution in [0.1, 0.15) is 18.4 Å². The number of rotatable bonds is 6. The Bertz CT molecular complexity index is 312. The highest BCUT2D eigenvalue weighted by atomic mass is 32.2. The first-order chi connectivity index (χ1) is 7.40. The molecule has 0 aliphatic heterocycles. The fourth-order valence-corrected chi connectivity index (χ4v) is 2.30. The fraction of sp³-hybridized carbons (Fsp3) is 0.500. The summed E-state index contributed by atoms with van der Waals surface area (Å²) in [5.74, 6) is 0.778. The van der Waals surface area contributed by atoms with E-state index in [1.807, 2.05) is 0 Å². The van der Waals surface area contributed by atoms with Crippen LogP contribution in [0.3, 0.4) is 0 Å². The Morgan fingerprint density at radius 1 is 1.33 bits per heavy atom. The zero-order chi connectivity index (χ0) is 10.5. The SMILES string of the molecule is OCCSc1ccccc1CNC1CC1. The van der Waals surface area contributed by atoms with Crippen molar-refractivity contribution in [1.82, 2.24) is 5.32 Å². The Labute approximate surface area is 95.1 Å². The van der Waals surface area contributed by atoms with Gasteiger partial charge in [-0.1, -0.05) is 18.2 Å². The summed E-state index contributed by atoms with van der Waals surface area (Å²) in [5, 5.41) is 12.3. The van der Waals surface area contributed by atoms with Gasteiger partial charge in [0.2, 0.25) is 0 Å². The minimum atomic E-state index is 0.245. The van der Waals surface area contributed by atoms with E-state index < -0.39 is 0 Å². The molecule has 3 heteroatoms. The summed E-state index contributed by atoms with van der Waals surface area (Å²) in [6, 6.07) is 9.17. The highest BCUT2D eigenvalue weighted by molar-refractivity contribution is 7.99. The second-order valence-corrected chi connectivity index (χ2v) is 4.97. The number of aliphatic hydroxyl groups is 1. The predicted octanol–water partition coefficient (Wildman–Crippen LogP) is 2.02. The average molecular weight is 223 g/mol. The standard InChI is InChI=1S/C12H17NOS/c14-7-8-15-12-4-2-1-3-10(12)9-13-11-5-6-11/h1-4,11,13-14H,5-9H2. The van der Waals surface area contributed by atoms with Gasteiger partial charge in [0, 0.05) is 23.2 Å². The maximum atomic E-state index is 8.81. The van der Waals surface area contributed by atoms with Crippen molar-refractivity contribution in [3.05, 3.63) is 29.8 Å². The summed E-state index contributed by atoms with van der Waals surface area (Å²) in [5.41, 5.74) is 1.35. The molecule has 0 spiro atoms. The summed E-state index contributed by atoms with van der Waals surface area (Å²) in [6.07, 6.45) is 2.65. The first kappa shape index (κ1) is 11.0. The van der Waals surface area contributed by atoms with E-state index in [2.05, 4.69) is 29.6 Å². The third-order valence-corrected chi connectivity index (χ3v) is 3.58. The Morgan fingerprint density at radius 3 is 2.87 bits per heavy atom. The van der Waals surface area contributed by atoms with E-state index in [1.54, 1.807) is 11.8 Å². The first-order valence-electron chi connectivity index (χ1n) is 5.45. The number of hydrogen-bond donors (Lipinski definition) is 2. The van der Waals surface area contributed by atoms with E-state index in [0.717, 1.165) is 18.3 Å². The van der Waals surface area contributed by atoms with Crippen LogP contribution in [0.15, 0.2) is 29.2 Å². The van der Waals surface area contributed by atoms with Crippen LogP contribution in [0.2, 0.25) is 0 Å². The molecule has 0 saturated heterocycles. The van der Waals surface area contributed by atoms with Crippen LogP contribution in [0.5, 0.6) is 0 Å². The molecule has 1 fully saturated rings. The van der Waals surface area contributed by atoms with E-state index in [9.17, 15) is 0 Å². The van der Waals surface area contributed by atoms with Crippen molar-refractivity contribution in [3.63, 3.8) is 0 Å². The van der Waals surface area contributed by atoms with Crippen LogP contribution in [0.4, 0.5) is 0 Å². The van der Waals surface area contributed by atoms with Gasteiger partial charge in [-0.15, -0.1) is 11.8 Å². The molecule has 2 nitrogen and oxygen atoms in total. The summed E-state index contributed by atoms with van der Waals surface area (Å²) < 4.78 is 0. The monoisotopic (exact) mass is 223 g/mol. The second kappa shape index (κ2) is 5.54. The van der Waals surface area contributed by atoms with Gasteiger partial charge in [-0.25, -0.2) is 0 Å². The summed E-state index contributed by atoms with van der Waals surface area (Å²) in [7, 11) is 0. The van der Waals surface area contributed by atoms with E-state index >= 15 is 0 Å². The molecular weight excluding hydrogens is 206 g/mol. The smallest absolute Gasteiger partial charge is 0.0525 e. The highest BCUT2D eigenvalue weighted by Crippen LogP contribution is 2.24. The molecular formula is C12H17NOS. The van der Waals surface area contributed by atoms with Crippen LogP contribution >= 0.6 is 11.8 Å². The lowest BCUT2D eigenvalue weighted by Gasteiger charge is -2.08. The molecule has 0 amide bonds. The van der Waals surface area contributed by atoms with E-state index in [4.69, 9.17) is 5.11 Å². The Balaban J connectivity index is 1.93. The molecule has 15 heavy (non-hydrogen) atoms. The van der Waals surface area contributed by atoms with Crippen molar-refractivity contribution in [2.75, 3.05) is 12.4 Å². The van der Waals surface area contributed by atoms with Gasteiger partial charge in [0.1, 0.15) is 0 Å². The van der Waals surface area contributed by atoms with Gasteiger partial charge in [-0.3, -0.25) is 0 Å². The maximum Gasteiger partial charge on any atom is 0.0525 e. The minimum Gasteiger partial charge on any atom is -0.396 e. The molecule has 1 aromatic carbocycles. The fourth-order valence-electron chi connectivity index (χ4n) is 1.49. The Morgan fingerprint density at radius 2 is 2.13 bits per heavy atom. The molecule has 0 atom stereocenters. The molecule has 2 N–H and O–H groups in total. The lowest BCUT2D eigenvalue weighted by atomic mass is 10.2. The van der Waals surface area contributed by atoms with E-state index in [-0.39, 0.29) is 6.61 Å². The molecule has 0 unspecified atom stereocenters. The van der Waals surface area contributed by atoms with Gasteiger partial charge in [-0.05, 0) is 24.5 Å². The highest BCUT2D eigenvalue weighted by Gasteiger charge is 2.20. The van der Waals surface area contributed by atoms with Crippen LogP contribution < -0.4 is 5.32 Å². The normalized spacial score (nSPS) is 15.5. The van der Waals surface area contributed by atoms with Crippen molar-refractivity contribution in [3.8, 4) is 0 Å². The molecule has 0 heterocycles. The maximum absolute atomic E-state index is 8.81. The largest absolute Gasteiger partial charge is 0.396 e. The summed E-state index contributed by atoms with van der Waals surface area (Å²) in [6.45, 7) is 1.20. The summed E-state index contributed by atoms with van der Waals surface area (Å²) in [4.78, 5) is 1.29. The van der Waals surface area contributed by atoms with Crippen LogP contribution in [-0.2, 0) is 6.54 Å². The third kappa shape index (κ3) is 3.52. The quantitative estimate of drug-likeness (QED) is 0.724. The molecule has 1 aliphatic carbocycles. The topological polar surface area (TPSA) is 32.3 Å². The lowest BCUT2D eigenvalue weighted by Crippen LogP contribution is -2.15. The van der Waals surface area contributed by atoms with Crippen LogP contribution in [0, 0.1) is 0 Å². The Hall–Kier alpha value is -0.510. The third-order valence-electron chi connectivity index (χ3n) is 2.48. The molecule has 0 aromatic heterocycles. The molecule has 0 bridgehead atoms. The number of hydrogen-bond acceptors (Lipinski definition) is 3. The van der Waals surface area contributed by atoms with Crippen LogP contribution in [0.25, 0.3) is 0 Å². The van der Waals surface area contributed by atoms with E-state index in [0.29, 0.717) is 0 Å². The predicted molar refractivity (Wildman–Crippen MR) is 64.1 cm³/mol. The van der Waals surface area contributed by atoms with Crippen molar-refractivity contribution < 1.29 is 5.11 Å². The number of nitrogens with one attached hydrogen (secondary N) is 1. The van der Waals surface area contributed by atoms with Crippen molar-refractivity contribution in [1.29, 1.82) is 0 Å². The van der Waals surface area contributed by atoms with Crippen LogP contribution in [-0.4, -0.2) is 23.5 Å². The minimum absolute atomic E-state index is 0.245. The Kier molecular flexibility index (Phi) is 4.06. The molecule has 1 aliphatic rings. The van der Waals surface area contributed by atoms with Gasteiger partial charge in [0.15, 0.2) is 0 Å². The number of aliphatic hydroxyl groups excluding tert-OH is 1. The van der Waals surface area contributed by atoms with Crippen molar-refractivity contribution >= 4 is 11.8 Å². The van der Waals surface area contributed by atoms with Crippen molar-refractivity contribution in [2.45, 2.75) is 30.3 Å². The number of benzene rings is 1. The molecule has 82 valence electrons. The van der Waals surface area contributed by atoms with Crippen molar-refractivity contribution in [2.24, 2.45) is 0 Å².